The van der Waals surface area contributed by atoms with E-state index < -0.39 is 5.97 Å². The van der Waals surface area contributed by atoms with Crippen molar-refractivity contribution in [2.24, 2.45) is 5.10 Å². The molecule has 2 N–H and O–H groups in total. The summed E-state index contributed by atoms with van der Waals surface area (Å²) < 4.78 is 1.12. The number of aromatic carboxylic acids is 1. The van der Waals surface area contributed by atoms with Gasteiger partial charge in [-0.1, -0.05) is 53.9 Å². The largest absolute Gasteiger partial charge is 0.478 e. The maximum Gasteiger partial charge on any atom is 0.335 e. The highest BCUT2D eigenvalue weighted by Gasteiger charge is 2.17. The summed E-state index contributed by atoms with van der Waals surface area (Å²) in [6.07, 6.45) is 7.23. The van der Waals surface area contributed by atoms with Crippen LogP contribution in [0.25, 0.3) is 15.8 Å². The number of para-hydroxylation sites is 1. The zero-order valence-electron chi connectivity index (χ0n) is 16.3. The number of rotatable bonds is 6. The van der Waals surface area contributed by atoms with E-state index in [1.807, 2.05) is 43.3 Å². The molecule has 1 aromatic heterocycles. The van der Waals surface area contributed by atoms with Gasteiger partial charge in [-0.2, -0.15) is 5.10 Å². The first-order valence-corrected chi connectivity index (χ1v) is 10.7. The molecule has 1 heterocycles. The van der Waals surface area contributed by atoms with Crippen molar-refractivity contribution in [1.82, 2.24) is 4.98 Å². The number of thiocarbonyl (C=S) groups is 1. The number of hydrazone groups is 1. The van der Waals surface area contributed by atoms with Gasteiger partial charge in [0, 0.05) is 23.9 Å². The molecule has 30 heavy (non-hydrogen) atoms. The molecule has 0 saturated heterocycles. The molecule has 0 aliphatic heterocycles. The monoisotopic (exact) mass is 433 g/mol. The van der Waals surface area contributed by atoms with Crippen molar-refractivity contribution in [1.29, 1.82) is 0 Å². The maximum absolute atomic E-state index is 11.5. The predicted molar refractivity (Wildman–Crippen MR) is 128 cm³/mol. The molecule has 7 heteroatoms. The smallest absolute Gasteiger partial charge is 0.335 e. The minimum atomic E-state index is -0.930. The third-order valence-electron chi connectivity index (χ3n) is 4.91. The number of benzene rings is 2. The zero-order chi connectivity index (χ0) is 21.1. The van der Waals surface area contributed by atoms with Crippen LogP contribution in [0, 0.1) is 6.92 Å². The topological polar surface area (TPSA) is 74.6 Å². The Balaban J connectivity index is 1.48. The van der Waals surface area contributed by atoms with Gasteiger partial charge >= 0.3 is 5.97 Å². The molecule has 0 atom stereocenters. The summed E-state index contributed by atoms with van der Waals surface area (Å²) in [7, 11) is 0. The standard InChI is InChI=1S/C23H19N3O2S2/c1-14-16(5-4-6-17(14)22(27)28)18-13-15(9-10-20(18)29)11-12-24-26-23-25-19-7-2-3-8-21(19)30-23/h2-9,12-13H,10-11H2,1H3,(H,25,26)(H,27,28). The molecule has 4 rings (SSSR count). The van der Waals surface area contributed by atoms with Crippen LogP contribution >= 0.6 is 23.6 Å². The van der Waals surface area contributed by atoms with E-state index in [2.05, 4.69) is 21.6 Å². The lowest BCUT2D eigenvalue weighted by molar-refractivity contribution is 0.0696. The second kappa shape index (κ2) is 8.69. The Morgan fingerprint density at radius 2 is 2.13 bits per heavy atom. The average molecular weight is 434 g/mol. The summed E-state index contributed by atoms with van der Waals surface area (Å²) in [5.74, 6) is -0.930. The quantitative estimate of drug-likeness (QED) is 0.289. The SMILES string of the molecule is Cc1c(C(=O)O)cccc1C1=CC(CC=NNc2nc3ccccc3s2)=CCC1=S. The van der Waals surface area contributed by atoms with E-state index in [1.54, 1.807) is 29.7 Å². The number of thiazole rings is 1. The fourth-order valence-corrected chi connectivity index (χ4v) is 4.43. The molecule has 0 bridgehead atoms. The molecule has 0 spiro atoms. The highest BCUT2D eigenvalue weighted by molar-refractivity contribution is 7.81. The van der Waals surface area contributed by atoms with Crippen LogP contribution in [0.5, 0.6) is 0 Å². The van der Waals surface area contributed by atoms with Crippen molar-refractivity contribution in [2.75, 3.05) is 5.43 Å². The second-order valence-electron chi connectivity index (χ2n) is 6.86. The number of allylic oxidation sites excluding steroid dienone is 4. The van der Waals surface area contributed by atoms with Crippen LogP contribution in [-0.2, 0) is 0 Å². The number of carbonyl (C=O) groups is 1. The minimum absolute atomic E-state index is 0.300. The Hall–Kier alpha value is -3.16. The van der Waals surface area contributed by atoms with Gasteiger partial charge in [0.2, 0.25) is 5.13 Å². The van der Waals surface area contributed by atoms with Gasteiger partial charge in [-0.3, -0.25) is 5.43 Å². The van der Waals surface area contributed by atoms with Crippen LogP contribution in [0.15, 0.2) is 65.3 Å². The van der Waals surface area contributed by atoms with E-state index in [0.29, 0.717) is 18.4 Å². The molecule has 0 fully saturated rings. The first-order chi connectivity index (χ1) is 14.5. The van der Waals surface area contributed by atoms with E-state index in [4.69, 9.17) is 12.2 Å². The molecule has 0 amide bonds. The zero-order valence-corrected chi connectivity index (χ0v) is 17.9. The van der Waals surface area contributed by atoms with Crippen LogP contribution in [0.1, 0.15) is 34.3 Å². The summed E-state index contributed by atoms with van der Waals surface area (Å²) in [6.45, 7) is 1.82. The fraction of sp³-hybridized carbons (Fsp3) is 0.130. The lowest BCUT2D eigenvalue weighted by atomic mass is 9.88. The summed E-state index contributed by atoms with van der Waals surface area (Å²) in [5, 5.41) is 14.4. The van der Waals surface area contributed by atoms with Gasteiger partial charge in [0.15, 0.2) is 0 Å². The molecule has 1 aliphatic rings. The summed E-state index contributed by atoms with van der Waals surface area (Å²) >= 11 is 7.11. The number of fused-ring (bicyclic) bond motifs is 1. The molecule has 150 valence electrons. The van der Waals surface area contributed by atoms with Crippen molar-refractivity contribution >= 4 is 61.5 Å². The lowest BCUT2D eigenvalue weighted by Crippen LogP contribution is -2.08. The van der Waals surface area contributed by atoms with Crippen LogP contribution in [0.2, 0.25) is 0 Å². The van der Waals surface area contributed by atoms with Crippen LogP contribution < -0.4 is 5.43 Å². The number of aromatic nitrogens is 1. The number of nitrogens with one attached hydrogen (secondary N) is 1. The molecule has 1 aliphatic carbocycles. The van der Waals surface area contributed by atoms with Crippen molar-refractivity contribution < 1.29 is 9.90 Å². The predicted octanol–water partition coefficient (Wildman–Crippen LogP) is 5.87. The van der Waals surface area contributed by atoms with Crippen molar-refractivity contribution in [2.45, 2.75) is 19.8 Å². The van der Waals surface area contributed by atoms with E-state index in [-0.39, 0.29) is 0 Å². The number of nitrogens with zero attached hydrogens (tertiary/aromatic N) is 2. The first kappa shape index (κ1) is 20.1. The lowest BCUT2D eigenvalue weighted by Gasteiger charge is -2.17. The van der Waals surface area contributed by atoms with E-state index in [9.17, 15) is 9.90 Å². The molecular weight excluding hydrogens is 414 g/mol. The Morgan fingerprint density at radius 1 is 1.30 bits per heavy atom. The van der Waals surface area contributed by atoms with Crippen molar-refractivity contribution in [3.8, 4) is 0 Å². The third-order valence-corrected chi connectivity index (χ3v) is 6.23. The van der Waals surface area contributed by atoms with Gasteiger partial charge in [-0.15, -0.1) is 0 Å². The number of carboxylic acid groups (broad SMARTS) is 1. The number of carboxylic acids is 1. The Kier molecular flexibility index (Phi) is 5.83. The highest BCUT2D eigenvalue weighted by atomic mass is 32.1. The van der Waals surface area contributed by atoms with Gasteiger partial charge in [-0.25, -0.2) is 9.78 Å². The van der Waals surface area contributed by atoms with E-state index in [0.717, 1.165) is 42.5 Å². The molecule has 0 radical (unpaired) electrons. The fourth-order valence-electron chi connectivity index (χ4n) is 3.36. The molecule has 0 unspecified atom stereocenters. The second-order valence-corrected chi connectivity index (χ2v) is 8.39. The first-order valence-electron chi connectivity index (χ1n) is 9.43. The molecule has 2 aromatic carbocycles. The van der Waals surface area contributed by atoms with Crippen LogP contribution in [0.4, 0.5) is 5.13 Å². The van der Waals surface area contributed by atoms with Gasteiger partial charge < -0.3 is 5.11 Å². The molecule has 3 aromatic rings. The summed E-state index contributed by atoms with van der Waals surface area (Å²) in [6, 6.07) is 13.3. The van der Waals surface area contributed by atoms with Crippen molar-refractivity contribution in [3.63, 3.8) is 0 Å². The van der Waals surface area contributed by atoms with E-state index in [1.165, 1.54) is 0 Å². The molecular formula is C23H19N3O2S2. The minimum Gasteiger partial charge on any atom is -0.478 e. The van der Waals surface area contributed by atoms with Crippen LogP contribution in [0.3, 0.4) is 0 Å². The maximum atomic E-state index is 11.5. The average Bonchev–Trinajstić information content (AvgIpc) is 3.15. The van der Waals surface area contributed by atoms with Crippen LogP contribution in [-0.4, -0.2) is 27.1 Å². The molecule has 5 nitrogen and oxygen atoms in total. The summed E-state index contributed by atoms with van der Waals surface area (Å²) in [4.78, 5) is 16.8. The van der Waals surface area contributed by atoms with Crippen molar-refractivity contribution in [3.05, 3.63) is 76.9 Å². The van der Waals surface area contributed by atoms with Gasteiger partial charge in [-0.05, 0) is 53.5 Å². The Bertz CT molecular complexity index is 1210. The van der Waals surface area contributed by atoms with Gasteiger partial charge in [0.25, 0.3) is 0 Å². The number of hydrogen-bond donors (Lipinski definition) is 2. The Morgan fingerprint density at radius 3 is 2.93 bits per heavy atom. The van der Waals surface area contributed by atoms with Gasteiger partial charge in [0.1, 0.15) is 0 Å². The number of anilines is 1. The normalized spacial score (nSPS) is 14.1. The van der Waals surface area contributed by atoms with Gasteiger partial charge in [0.05, 0.1) is 15.8 Å². The Labute approximate surface area is 183 Å². The highest BCUT2D eigenvalue weighted by Crippen LogP contribution is 2.30. The third kappa shape index (κ3) is 4.22. The molecule has 0 saturated carbocycles. The number of hydrogen-bond acceptors (Lipinski definition) is 6. The van der Waals surface area contributed by atoms with E-state index >= 15 is 0 Å². The summed E-state index contributed by atoms with van der Waals surface area (Å²) in [5.41, 5.74) is 7.85.